The second kappa shape index (κ2) is 5.85. The van der Waals surface area contributed by atoms with Crippen LogP contribution < -0.4 is 0 Å². The number of hydrogen-bond acceptors (Lipinski definition) is 3. The van der Waals surface area contributed by atoms with E-state index < -0.39 is 12.6 Å². The van der Waals surface area contributed by atoms with Crippen LogP contribution in [0.2, 0.25) is 0 Å². The van der Waals surface area contributed by atoms with Gasteiger partial charge in [0, 0.05) is 12.7 Å². The third kappa shape index (κ3) is 3.84. The predicted octanol–water partition coefficient (Wildman–Crippen LogP) is 1.33. The summed E-state index contributed by atoms with van der Waals surface area (Å²) in [5, 5.41) is 11.9. The van der Waals surface area contributed by atoms with E-state index in [4.69, 9.17) is 5.11 Å². The van der Waals surface area contributed by atoms with Gasteiger partial charge in [-0.2, -0.15) is 0 Å². The first-order valence-electron chi connectivity index (χ1n) is 4.76. The Labute approximate surface area is 88.0 Å². The van der Waals surface area contributed by atoms with Crippen LogP contribution in [0.25, 0.3) is 0 Å². The number of hydrogen-bond donors (Lipinski definition) is 1. The van der Waals surface area contributed by atoms with Crippen molar-refractivity contribution in [2.24, 2.45) is 5.16 Å². The molecule has 1 N–H and O–H groups in total. The van der Waals surface area contributed by atoms with Gasteiger partial charge in [0.2, 0.25) is 6.61 Å². The summed E-state index contributed by atoms with van der Waals surface area (Å²) in [5.41, 5.74) is 0.905. The molecular formula is C10H14N2O3. The summed E-state index contributed by atoms with van der Waals surface area (Å²) >= 11 is 0. The van der Waals surface area contributed by atoms with Gasteiger partial charge in [-0.05, 0) is 18.6 Å². The van der Waals surface area contributed by atoms with E-state index in [2.05, 4.69) is 16.9 Å². The number of carboxylic acids is 1. The van der Waals surface area contributed by atoms with Crippen molar-refractivity contribution in [2.45, 2.75) is 19.9 Å². The number of carboxylic acid groups (broad SMARTS) is 1. The van der Waals surface area contributed by atoms with Gasteiger partial charge < -0.3 is 14.5 Å². The van der Waals surface area contributed by atoms with E-state index in [1.165, 1.54) is 6.21 Å². The van der Waals surface area contributed by atoms with Crippen LogP contribution in [0, 0.1) is 0 Å². The molecule has 0 fully saturated rings. The highest BCUT2D eigenvalue weighted by molar-refractivity contribution is 5.77. The fraction of sp³-hybridized carbons (Fsp3) is 0.400. The number of rotatable bonds is 6. The van der Waals surface area contributed by atoms with Gasteiger partial charge in [0.1, 0.15) is 0 Å². The zero-order chi connectivity index (χ0) is 11.1. The Kier molecular flexibility index (Phi) is 4.40. The van der Waals surface area contributed by atoms with Crippen molar-refractivity contribution in [3.63, 3.8) is 0 Å². The first-order valence-corrected chi connectivity index (χ1v) is 4.76. The highest BCUT2D eigenvalue weighted by Crippen LogP contribution is 2.00. The third-order valence-corrected chi connectivity index (χ3v) is 1.78. The molecule has 0 radical (unpaired) electrons. The number of aryl methyl sites for hydroxylation is 1. The van der Waals surface area contributed by atoms with Gasteiger partial charge in [0.25, 0.3) is 0 Å². The van der Waals surface area contributed by atoms with Crippen LogP contribution in [-0.2, 0) is 16.2 Å². The summed E-state index contributed by atoms with van der Waals surface area (Å²) < 4.78 is 2.02. The van der Waals surface area contributed by atoms with Gasteiger partial charge >= 0.3 is 5.97 Å². The molecule has 1 rings (SSSR count). The van der Waals surface area contributed by atoms with Crippen LogP contribution in [0.4, 0.5) is 0 Å². The topological polar surface area (TPSA) is 63.8 Å². The summed E-state index contributed by atoms with van der Waals surface area (Å²) in [4.78, 5) is 14.7. The minimum Gasteiger partial charge on any atom is -0.479 e. The van der Waals surface area contributed by atoms with Gasteiger partial charge in [-0.25, -0.2) is 4.79 Å². The molecule has 0 spiro atoms. The molecule has 5 nitrogen and oxygen atoms in total. The summed E-state index contributed by atoms with van der Waals surface area (Å²) in [6.07, 6.45) is 4.49. The largest absolute Gasteiger partial charge is 0.479 e. The van der Waals surface area contributed by atoms with Crippen molar-refractivity contribution in [2.75, 3.05) is 6.61 Å². The molecule has 15 heavy (non-hydrogen) atoms. The van der Waals surface area contributed by atoms with Crippen LogP contribution in [0.1, 0.15) is 19.0 Å². The maximum absolute atomic E-state index is 10.1. The predicted molar refractivity (Wildman–Crippen MR) is 55.9 cm³/mol. The molecule has 0 unspecified atom stereocenters. The van der Waals surface area contributed by atoms with Crippen molar-refractivity contribution >= 4 is 12.2 Å². The van der Waals surface area contributed by atoms with Gasteiger partial charge in [-0.1, -0.05) is 12.1 Å². The lowest BCUT2D eigenvalue weighted by molar-refractivity contribution is -0.142. The average molecular weight is 210 g/mol. The van der Waals surface area contributed by atoms with Gasteiger partial charge in [0.15, 0.2) is 0 Å². The minimum absolute atomic E-state index is 0.412. The monoisotopic (exact) mass is 210 g/mol. The second-order valence-electron chi connectivity index (χ2n) is 3.03. The molecule has 0 atom stereocenters. The molecule has 5 heteroatoms. The molecule has 1 aromatic heterocycles. The number of aliphatic carboxylic acids is 1. The fourth-order valence-electron chi connectivity index (χ4n) is 1.17. The van der Waals surface area contributed by atoms with E-state index >= 15 is 0 Å². The molecule has 0 aliphatic carbocycles. The summed E-state index contributed by atoms with van der Waals surface area (Å²) in [6.45, 7) is 2.58. The van der Waals surface area contributed by atoms with E-state index in [1.807, 2.05) is 22.9 Å². The lowest BCUT2D eigenvalue weighted by Crippen LogP contribution is -2.04. The van der Waals surface area contributed by atoms with E-state index in [-0.39, 0.29) is 0 Å². The van der Waals surface area contributed by atoms with Crippen LogP contribution in [-0.4, -0.2) is 28.5 Å². The standard InChI is InChI=1S/C10H14N2O3/c1-2-5-12-6-3-4-9(12)7-11-15-8-10(13)14/h3-4,6-7H,2,5,8H2,1H3,(H,13,14). The number of aromatic nitrogens is 1. The molecule has 1 aromatic rings. The van der Waals surface area contributed by atoms with Crippen LogP contribution >= 0.6 is 0 Å². The van der Waals surface area contributed by atoms with Crippen molar-refractivity contribution in [1.82, 2.24) is 4.57 Å². The molecular weight excluding hydrogens is 196 g/mol. The van der Waals surface area contributed by atoms with Crippen molar-refractivity contribution in [1.29, 1.82) is 0 Å². The third-order valence-electron chi connectivity index (χ3n) is 1.78. The molecule has 0 aliphatic rings. The Bertz CT molecular complexity index is 344. The normalized spacial score (nSPS) is 10.7. The highest BCUT2D eigenvalue weighted by atomic mass is 16.6. The van der Waals surface area contributed by atoms with E-state index in [9.17, 15) is 4.79 Å². The van der Waals surface area contributed by atoms with Crippen LogP contribution in [0.5, 0.6) is 0 Å². The molecule has 0 bridgehead atoms. The number of oxime groups is 1. The summed E-state index contributed by atoms with van der Waals surface area (Å²) in [7, 11) is 0. The van der Waals surface area contributed by atoms with Crippen molar-refractivity contribution in [3.05, 3.63) is 24.0 Å². The maximum atomic E-state index is 10.1. The summed E-state index contributed by atoms with van der Waals surface area (Å²) in [6, 6.07) is 3.80. The number of carbonyl (C=O) groups is 1. The molecule has 82 valence electrons. The SMILES string of the molecule is CCCn1cccc1C=NOCC(=O)O. The van der Waals surface area contributed by atoms with Crippen molar-refractivity contribution < 1.29 is 14.7 Å². The van der Waals surface area contributed by atoms with Crippen LogP contribution in [0.3, 0.4) is 0 Å². The zero-order valence-electron chi connectivity index (χ0n) is 8.59. The maximum Gasteiger partial charge on any atom is 0.344 e. The van der Waals surface area contributed by atoms with Gasteiger partial charge in [0.05, 0.1) is 11.9 Å². The molecule has 0 amide bonds. The van der Waals surface area contributed by atoms with Gasteiger partial charge in [-0.15, -0.1) is 0 Å². The summed E-state index contributed by atoms with van der Waals surface area (Å²) in [5.74, 6) is -1.03. The Morgan fingerprint density at radius 1 is 1.73 bits per heavy atom. The lowest BCUT2D eigenvalue weighted by atomic mass is 10.4. The van der Waals surface area contributed by atoms with Crippen molar-refractivity contribution in [3.8, 4) is 0 Å². The minimum atomic E-state index is -1.03. The zero-order valence-corrected chi connectivity index (χ0v) is 8.59. The van der Waals surface area contributed by atoms with E-state index in [1.54, 1.807) is 0 Å². The Morgan fingerprint density at radius 2 is 2.53 bits per heavy atom. The lowest BCUT2D eigenvalue weighted by Gasteiger charge is -2.02. The number of nitrogens with zero attached hydrogens (tertiary/aromatic N) is 2. The molecule has 0 aliphatic heterocycles. The first kappa shape index (κ1) is 11.3. The Hall–Kier alpha value is -1.78. The average Bonchev–Trinajstić information content (AvgIpc) is 2.61. The highest BCUT2D eigenvalue weighted by Gasteiger charge is 1.97. The first-order chi connectivity index (χ1) is 7.24. The Morgan fingerprint density at radius 3 is 3.20 bits per heavy atom. The fourth-order valence-corrected chi connectivity index (χ4v) is 1.17. The van der Waals surface area contributed by atoms with E-state index in [0.717, 1.165) is 18.7 Å². The van der Waals surface area contributed by atoms with Gasteiger partial charge in [-0.3, -0.25) is 0 Å². The van der Waals surface area contributed by atoms with E-state index in [0.29, 0.717) is 0 Å². The molecule has 1 heterocycles. The second-order valence-corrected chi connectivity index (χ2v) is 3.03. The molecule has 0 saturated carbocycles. The smallest absolute Gasteiger partial charge is 0.344 e. The Balaban J connectivity index is 2.48. The molecule has 0 saturated heterocycles. The molecule has 0 aromatic carbocycles. The quantitative estimate of drug-likeness (QED) is 0.569. The van der Waals surface area contributed by atoms with Crippen LogP contribution in [0.15, 0.2) is 23.5 Å².